The number of amides is 1. The minimum atomic E-state index is 0.0779. The number of unbranched alkanes of at least 4 members (excludes halogenated alkanes) is 7. The van der Waals surface area contributed by atoms with Gasteiger partial charge in [0.25, 0.3) is 5.91 Å². The Balaban J connectivity index is 0.756. The molecule has 0 unspecified atom stereocenters. The summed E-state index contributed by atoms with van der Waals surface area (Å²) in [6, 6.07) is 14.4. The highest BCUT2D eigenvalue weighted by molar-refractivity contribution is 6.07. The number of rotatable bonds is 15. The van der Waals surface area contributed by atoms with Crippen molar-refractivity contribution in [3.05, 3.63) is 53.6 Å². The van der Waals surface area contributed by atoms with E-state index in [1.54, 1.807) is 7.11 Å². The van der Waals surface area contributed by atoms with Crippen LogP contribution in [0.15, 0.2) is 47.5 Å². The molecule has 4 aliphatic rings. The Labute approximate surface area is 284 Å². The molecule has 0 N–H and O–H groups in total. The zero-order valence-electron chi connectivity index (χ0n) is 28.5. The number of fused-ring (bicyclic) bond motifs is 4. The van der Waals surface area contributed by atoms with Crippen LogP contribution in [0.25, 0.3) is 10.8 Å². The number of benzene rings is 3. The Bertz CT molecular complexity index is 1600. The van der Waals surface area contributed by atoms with E-state index in [4.69, 9.17) is 18.9 Å². The Morgan fingerprint density at radius 3 is 2.35 bits per heavy atom. The molecule has 256 valence electrons. The molecule has 9 nitrogen and oxygen atoms in total. The van der Waals surface area contributed by atoms with Crippen LogP contribution >= 0.6 is 0 Å². The van der Waals surface area contributed by atoms with Crippen LogP contribution in [-0.2, 0) is 6.54 Å². The zero-order valence-corrected chi connectivity index (χ0v) is 28.5. The molecule has 2 fully saturated rings. The summed E-state index contributed by atoms with van der Waals surface area (Å²) in [5.41, 5.74) is 2.71. The van der Waals surface area contributed by atoms with Crippen molar-refractivity contribution in [2.75, 3.05) is 59.8 Å². The summed E-state index contributed by atoms with van der Waals surface area (Å²) in [4.78, 5) is 25.1. The molecule has 0 aromatic heterocycles. The van der Waals surface area contributed by atoms with Gasteiger partial charge in [0.1, 0.15) is 0 Å². The number of hydrogen-bond donors (Lipinski definition) is 0. The molecule has 3 aromatic carbocycles. The molecule has 48 heavy (non-hydrogen) atoms. The molecule has 0 spiro atoms. The topological polar surface area (TPSA) is 76.1 Å². The molecular formula is C39H50N4O5. The van der Waals surface area contributed by atoms with Gasteiger partial charge in [0.2, 0.25) is 6.79 Å². The summed E-state index contributed by atoms with van der Waals surface area (Å²) in [6.07, 6.45) is 13.9. The highest BCUT2D eigenvalue weighted by Gasteiger charge is 2.32. The smallest absolute Gasteiger partial charge is 0.256 e. The van der Waals surface area contributed by atoms with E-state index in [0.717, 1.165) is 98.0 Å². The maximum Gasteiger partial charge on any atom is 0.256 e. The standard InChI is InChI=1S/C39H50N4O5/c1-45-36-24-31-23-34-33(39(44)43-15-10-11-32(43)26-40-34)22-30(31)25-38(36)46-20-9-7-5-3-2-4-6-8-14-41-16-18-42(19-17-41)27-29-12-13-35-37(21-29)48-28-47-35/h12-13,21-26,32H,2-11,14-20,27-28H2,1H3/t32-/m0/s1. The third-order valence-electron chi connectivity index (χ3n) is 10.3. The average Bonchev–Trinajstić information content (AvgIpc) is 3.76. The van der Waals surface area contributed by atoms with Gasteiger partial charge in [-0.2, -0.15) is 0 Å². The minimum absolute atomic E-state index is 0.0779. The summed E-state index contributed by atoms with van der Waals surface area (Å²) in [5.74, 6) is 3.27. The number of piperazine rings is 1. The molecule has 7 rings (SSSR count). The first-order chi connectivity index (χ1) is 23.6. The Morgan fingerprint density at radius 2 is 1.52 bits per heavy atom. The third-order valence-corrected chi connectivity index (χ3v) is 10.3. The maximum absolute atomic E-state index is 13.3. The van der Waals surface area contributed by atoms with Gasteiger partial charge in [-0.1, -0.05) is 44.6 Å². The van der Waals surface area contributed by atoms with Gasteiger partial charge in [-0.3, -0.25) is 14.7 Å². The van der Waals surface area contributed by atoms with Crippen molar-refractivity contribution in [3.63, 3.8) is 0 Å². The first kappa shape index (κ1) is 32.7. The van der Waals surface area contributed by atoms with Gasteiger partial charge in [0, 0.05) is 45.5 Å². The Hall–Kier alpha value is -3.82. The number of ether oxygens (including phenoxy) is 4. The molecule has 9 heteroatoms. The molecule has 4 aliphatic heterocycles. The van der Waals surface area contributed by atoms with Crippen LogP contribution in [0, 0.1) is 0 Å². The maximum atomic E-state index is 13.3. The highest BCUT2D eigenvalue weighted by Crippen LogP contribution is 2.38. The Kier molecular flexibility index (Phi) is 10.6. The van der Waals surface area contributed by atoms with E-state index in [-0.39, 0.29) is 11.9 Å². The number of aliphatic imine (C=N–C) groups is 1. The molecule has 0 aliphatic carbocycles. The number of methoxy groups -OCH3 is 1. The van der Waals surface area contributed by atoms with Crippen molar-refractivity contribution >= 4 is 28.6 Å². The first-order valence-corrected chi connectivity index (χ1v) is 18.1. The van der Waals surface area contributed by atoms with Crippen LogP contribution in [0.2, 0.25) is 0 Å². The molecule has 0 bridgehead atoms. The van der Waals surface area contributed by atoms with E-state index in [2.05, 4.69) is 26.9 Å². The monoisotopic (exact) mass is 654 g/mol. The molecule has 4 heterocycles. The van der Waals surface area contributed by atoms with Crippen LogP contribution in [0.4, 0.5) is 5.69 Å². The highest BCUT2D eigenvalue weighted by atomic mass is 16.7. The second-order valence-corrected chi connectivity index (χ2v) is 13.7. The predicted octanol–water partition coefficient (Wildman–Crippen LogP) is 7.22. The van der Waals surface area contributed by atoms with Crippen LogP contribution in [0.1, 0.15) is 80.1 Å². The van der Waals surface area contributed by atoms with Crippen LogP contribution in [-0.4, -0.2) is 92.6 Å². The molecule has 0 saturated carbocycles. The first-order valence-electron chi connectivity index (χ1n) is 18.1. The van der Waals surface area contributed by atoms with Crippen molar-refractivity contribution in [2.45, 2.75) is 76.8 Å². The molecule has 1 atom stereocenters. The van der Waals surface area contributed by atoms with E-state index >= 15 is 0 Å². The zero-order chi connectivity index (χ0) is 32.7. The fourth-order valence-corrected chi connectivity index (χ4v) is 7.52. The largest absolute Gasteiger partial charge is 0.493 e. The van der Waals surface area contributed by atoms with Gasteiger partial charge >= 0.3 is 0 Å². The number of nitrogens with zero attached hydrogens (tertiary/aromatic N) is 4. The summed E-state index contributed by atoms with van der Waals surface area (Å²) in [5, 5.41) is 1.98. The van der Waals surface area contributed by atoms with Crippen LogP contribution < -0.4 is 18.9 Å². The average molecular weight is 655 g/mol. The summed E-state index contributed by atoms with van der Waals surface area (Å²) < 4.78 is 22.8. The SMILES string of the molecule is COc1cc2cc3c(cc2cc1OCCCCCCCCCCN1CCN(Cc2ccc4c(c2)OCO4)CC1)C(=O)N1CCC[C@H]1C=N3. The van der Waals surface area contributed by atoms with E-state index in [9.17, 15) is 4.79 Å². The predicted molar refractivity (Wildman–Crippen MR) is 189 cm³/mol. The quantitative estimate of drug-likeness (QED) is 0.160. The van der Waals surface area contributed by atoms with Crippen LogP contribution in [0.5, 0.6) is 23.0 Å². The summed E-state index contributed by atoms with van der Waals surface area (Å²) in [7, 11) is 1.68. The van der Waals surface area contributed by atoms with Crippen molar-refractivity contribution in [2.24, 2.45) is 4.99 Å². The second-order valence-electron chi connectivity index (χ2n) is 13.7. The van der Waals surface area contributed by atoms with E-state index < -0.39 is 0 Å². The van der Waals surface area contributed by atoms with Crippen molar-refractivity contribution < 1.29 is 23.7 Å². The summed E-state index contributed by atoms with van der Waals surface area (Å²) in [6.45, 7) is 8.58. The van der Waals surface area contributed by atoms with E-state index in [1.165, 1.54) is 57.1 Å². The normalized spacial score (nSPS) is 19.1. The van der Waals surface area contributed by atoms with Crippen molar-refractivity contribution in [3.8, 4) is 23.0 Å². The lowest BCUT2D eigenvalue weighted by Gasteiger charge is -2.34. The van der Waals surface area contributed by atoms with Crippen LogP contribution in [0.3, 0.4) is 0 Å². The van der Waals surface area contributed by atoms with E-state index in [1.807, 2.05) is 41.4 Å². The fourth-order valence-electron chi connectivity index (χ4n) is 7.52. The molecule has 3 aromatic rings. The lowest BCUT2D eigenvalue weighted by molar-refractivity contribution is 0.0775. The lowest BCUT2D eigenvalue weighted by Crippen LogP contribution is -2.46. The lowest BCUT2D eigenvalue weighted by atomic mass is 10.0. The molecule has 2 saturated heterocycles. The number of carbonyl (C=O) groups excluding carboxylic acids is 1. The second kappa shape index (κ2) is 15.6. The van der Waals surface area contributed by atoms with Gasteiger partial charge in [-0.25, -0.2) is 0 Å². The Morgan fingerprint density at radius 1 is 0.792 bits per heavy atom. The minimum Gasteiger partial charge on any atom is -0.493 e. The van der Waals surface area contributed by atoms with Gasteiger partial charge in [0.15, 0.2) is 23.0 Å². The molecule has 0 radical (unpaired) electrons. The fraction of sp³-hybridized carbons (Fsp3) is 0.538. The van der Waals surface area contributed by atoms with Gasteiger partial charge < -0.3 is 28.7 Å². The molecular weight excluding hydrogens is 604 g/mol. The van der Waals surface area contributed by atoms with E-state index in [0.29, 0.717) is 19.0 Å². The third kappa shape index (κ3) is 7.73. The van der Waals surface area contributed by atoms with Gasteiger partial charge in [-0.05, 0) is 85.0 Å². The number of carbonyl (C=O) groups is 1. The van der Waals surface area contributed by atoms with Crippen molar-refractivity contribution in [1.82, 2.24) is 14.7 Å². The van der Waals surface area contributed by atoms with Gasteiger partial charge in [0.05, 0.1) is 31.0 Å². The van der Waals surface area contributed by atoms with Crippen molar-refractivity contribution in [1.29, 1.82) is 0 Å². The number of hydrogen-bond acceptors (Lipinski definition) is 8. The summed E-state index contributed by atoms with van der Waals surface area (Å²) >= 11 is 0. The van der Waals surface area contributed by atoms with Gasteiger partial charge in [-0.15, -0.1) is 0 Å². The molecule has 1 amide bonds.